The lowest BCUT2D eigenvalue weighted by molar-refractivity contribution is 0.943. The van der Waals surface area contributed by atoms with E-state index in [0.29, 0.717) is 17.5 Å². The first-order chi connectivity index (χ1) is 6.72. The van der Waals surface area contributed by atoms with Crippen molar-refractivity contribution in [2.24, 2.45) is 5.11 Å². The highest BCUT2D eigenvalue weighted by Gasteiger charge is 1.98. The SMILES string of the molecule is [N-]=[N+]=NCCSc1nc(N)cc(=O)[nH]1. The van der Waals surface area contributed by atoms with Gasteiger partial charge in [-0.15, -0.1) is 0 Å². The van der Waals surface area contributed by atoms with Gasteiger partial charge in [0, 0.05) is 23.3 Å². The molecule has 0 fully saturated rings. The van der Waals surface area contributed by atoms with Gasteiger partial charge >= 0.3 is 0 Å². The molecule has 1 aromatic rings. The number of hydrogen-bond acceptors (Lipinski definition) is 5. The van der Waals surface area contributed by atoms with Gasteiger partial charge in [0.1, 0.15) is 5.82 Å². The highest BCUT2D eigenvalue weighted by atomic mass is 32.2. The summed E-state index contributed by atoms with van der Waals surface area (Å²) in [4.78, 5) is 19.9. The number of aromatic amines is 1. The van der Waals surface area contributed by atoms with Crippen LogP contribution in [0.25, 0.3) is 10.4 Å². The number of nitrogens with one attached hydrogen (secondary N) is 1. The molecule has 0 amide bonds. The maximum Gasteiger partial charge on any atom is 0.253 e. The number of thioether (sulfide) groups is 1. The summed E-state index contributed by atoms with van der Waals surface area (Å²) in [6.07, 6.45) is 0. The zero-order valence-corrected chi connectivity index (χ0v) is 7.99. The fourth-order valence-electron chi connectivity index (χ4n) is 0.749. The second-order valence-corrected chi connectivity index (χ2v) is 3.36. The van der Waals surface area contributed by atoms with Crippen LogP contribution in [0.3, 0.4) is 0 Å². The van der Waals surface area contributed by atoms with Gasteiger partial charge in [-0.2, -0.15) is 0 Å². The summed E-state index contributed by atoms with van der Waals surface area (Å²) >= 11 is 1.28. The smallest absolute Gasteiger partial charge is 0.253 e. The van der Waals surface area contributed by atoms with Crippen LogP contribution in [0.1, 0.15) is 0 Å². The monoisotopic (exact) mass is 212 g/mol. The van der Waals surface area contributed by atoms with Crippen LogP contribution in [0, 0.1) is 0 Å². The van der Waals surface area contributed by atoms with E-state index in [1.165, 1.54) is 17.8 Å². The normalized spacial score (nSPS) is 9.43. The van der Waals surface area contributed by atoms with Gasteiger partial charge in [-0.05, 0) is 5.53 Å². The molecule has 1 heterocycles. The number of nitrogens with two attached hydrogens (primary N) is 1. The Balaban J connectivity index is 2.58. The molecule has 0 unspecified atom stereocenters. The van der Waals surface area contributed by atoms with Crippen molar-refractivity contribution < 1.29 is 0 Å². The molecular weight excluding hydrogens is 204 g/mol. The van der Waals surface area contributed by atoms with Gasteiger partial charge in [0.05, 0.1) is 0 Å². The molecule has 74 valence electrons. The topological polar surface area (TPSA) is 121 Å². The third-order valence-corrected chi connectivity index (χ3v) is 2.09. The second kappa shape index (κ2) is 5.15. The van der Waals surface area contributed by atoms with Crippen molar-refractivity contribution in [3.05, 3.63) is 26.9 Å². The number of nitrogens with zero attached hydrogens (tertiary/aromatic N) is 4. The van der Waals surface area contributed by atoms with Crippen molar-refractivity contribution >= 4 is 17.6 Å². The maximum atomic E-state index is 10.9. The molecule has 0 radical (unpaired) electrons. The Labute approximate surface area is 83.4 Å². The number of azide groups is 1. The minimum atomic E-state index is -0.288. The van der Waals surface area contributed by atoms with Crippen molar-refractivity contribution in [2.75, 3.05) is 18.0 Å². The van der Waals surface area contributed by atoms with Crippen LogP contribution in [0.5, 0.6) is 0 Å². The van der Waals surface area contributed by atoms with E-state index in [9.17, 15) is 4.79 Å². The number of hydrogen-bond donors (Lipinski definition) is 2. The van der Waals surface area contributed by atoms with Crippen molar-refractivity contribution in [2.45, 2.75) is 5.16 Å². The Morgan fingerprint density at radius 3 is 3.21 bits per heavy atom. The van der Waals surface area contributed by atoms with Gasteiger partial charge in [-0.25, -0.2) is 4.98 Å². The molecule has 1 rings (SSSR count). The summed E-state index contributed by atoms with van der Waals surface area (Å²) < 4.78 is 0. The molecular formula is C6H8N6OS. The quantitative estimate of drug-likeness (QED) is 0.191. The molecule has 3 N–H and O–H groups in total. The molecule has 0 saturated carbocycles. The summed E-state index contributed by atoms with van der Waals surface area (Å²) in [7, 11) is 0. The zero-order valence-electron chi connectivity index (χ0n) is 7.17. The van der Waals surface area contributed by atoms with E-state index in [4.69, 9.17) is 11.3 Å². The number of anilines is 1. The number of nitrogen functional groups attached to an aromatic ring is 1. The Kier molecular flexibility index (Phi) is 3.84. The fourth-order valence-corrected chi connectivity index (χ4v) is 1.46. The zero-order chi connectivity index (χ0) is 10.4. The lowest BCUT2D eigenvalue weighted by Crippen LogP contribution is -2.09. The first kappa shape index (κ1) is 10.4. The molecule has 0 bridgehead atoms. The molecule has 0 spiro atoms. The molecule has 1 aromatic heterocycles. The lowest BCUT2D eigenvalue weighted by Gasteiger charge is -1.98. The van der Waals surface area contributed by atoms with Crippen molar-refractivity contribution in [3.63, 3.8) is 0 Å². The van der Waals surface area contributed by atoms with Crippen molar-refractivity contribution in [3.8, 4) is 0 Å². The van der Waals surface area contributed by atoms with E-state index in [-0.39, 0.29) is 11.4 Å². The van der Waals surface area contributed by atoms with Gasteiger partial charge in [0.25, 0.3) is 5.56 Å². The fraction of sp³-hybridized carbons (Fsp3) is 0.333. The van der Waals surface area contributed by atoms with E-state index < -0.39 is 0 Å². The second-order valence-electron chi connectivity index (χ2n) is 2.28. The highest BCUT2D eigenvalue weighted by Crippen LogP contribution is 2.10. The van der Waals surface area contributed by atoms with Crippen LogP contribution in [-0.4, -0.2) is 22.3 Å². The lowest BCUT2D eigenvalue weighted by atomic mass is 10.6. The molecule has 8 heteroatoms. The maximum absolute atomic E-state index is 10.9. The molecule has 0 aliphatic rings. The molecule has 14 heavy (non-hydrogen) atoms. The van der Waals surface area contributed by atoms with Gasteiger partial charge in [0.2, 0.25) is 0 Å². The van der Waals surface area contributed by atoms with E-state index in [1.807, 2.05) is 0 Å². The van der Waals surface area contributed by atoms with E-state index in [0.717, 1.165) is 0 Å². The van der Waals surface area contributed by atoms with Gasteiger partial charge in [-0.3, -0.25) is 4.79 Å². The Morgan fingerprint density at radius 1 is 1.79 bits per heavy atom. The van der Waals surface area contributed by atoms with Crippen LogP contribution in [0.15, 0.2) is 21.1 Å². The Hall–Kier alpha value is -1.66. The van der Waals surface area contributed by atoms with Gasteiger partial charge in [-0.1, -0.05) is 16.9 Å². The first-order valence-corrected chi connectivity index (χ1v) is 4.71. The van der Waals surface area contributed by atoms with E-state index in [2.05, 4.69) is 20.0 Å². The largest absolute Gasteiger partial charge is 0.383 e. The number of aromatic nitrogens is 2. The average molecular weight is 212 g/mol. The Bertz CT molecular complexity index is 409. The molecule has 0 aliphatic carbocycles. The standard InChI is InChI=1S/C6H8N6OS/c7-4-3-5(13)11-6(10-4)14-2-1-9-12-8/h3H,1-2H2,(H3,7,10,11,13). The van der Waals surface area contributed by atoms with Crippen LogP contribution in [0.4, 0.5) is 5.82 Å². The molecule has 0 saturated heterocycles. The number of H-pyrrole nitrogens is 1. The molecule has 0 aromatic carbocycles. The van der Waals surface area contributed by atoms with Crippen molar-refractivity contribution in [1.29, 1.82) is 0 Å². The molecule has 0 aliphatic heterocycles. The third kappa shape index (κ3) is 3.38. The minimum absolute atomic E-state index is 0.181. The van der Waals surface area contributed by atoms with Crippen LogP contribution in [-0.2, 0) is 0 Å². The number of rotatable bonds is 4. The van der Waals surface area contributed by atoms with E-state index in [1.54, 1.807) is 0 Å². The summed E-state index contributed by atoms with van der Waals surface area (Å²) in [6.45, 7) is 0.347. The minimum Gasteiger partial charge on any atom is -0.383 e. The van der Waals surface area contributed by atoms with Crippen LogP contribution in [0.2, 0.25) is 0 Å². The van der Waals surface area contributed by atoms with Gasteiger partial charge < -0.3 is 10.7 Å². The van der Waals surface area contributed by atoms with Gasteiger partial charge in [0.15, 0.2) is 5.16 Å². The predicted octanol–water partition coefficient (Wildman–Crippen LogP) is 0.754. The van der Waals surface area contributed by atoms with Crippen LogP contribution >= 0.6 is 11.8 Å². The van der Waals surface area contributed by atoms with Crippen LogP contribution < -0.4 is 11.3 Å². The first-order valence-electron chi connectivity index (χ1n) is 3.73. The summed E-state index contributed by atoms with van der Waals surface area (Å²) in [5.74, 6) is 0.733. The molecule has 0 atom stereocenters. The average Bonchev–Trinajstić information content (AvgIpc) is 2.11. The Morgan fingerprint density at radius 2 is 2.57 bits per heavy atom. The third-order valence-electron chi connectivity index (χ3n) is 1.23. The van der Waals surface area contributed by atoms with E-state index >= 15 is 0 Å². The summed E-state index contributed by atoms with van der Waals surface area (Å²) in [5, 5.41) is 3.77. The summed E-state index contributed by atoms with van der Waals surface area (Å²) in [5.41, 5.74) is 13.1. The predicted molar refractivity (Wildman–Crippen MR) is 54.0 cm³/mol. The highest BCUT2D eigenvalue weighted by molar-refractivity contribution is 7.99. The summed E-state index contributed by atoms with van der Waals surface area (Å²) in [6, 6.07) is 1.21. The van der Waals surface area contributed by atoms with Crippen molar-refractivity contribution in [1.82, 2.24) is 9.97 Å². The molecule has 7 nitrogen and oxygen atoms in total.